The zero-order chi connectivity index (χ0) is 16.4. The van der Waals surface area contributed by atoms with Crippen LogP contribution in [0.3, 0.4) is 0 Å². The lowest BCUT2D eigenvalue weighted by Gasteiger charge is -2.38. The van der Waals surface area contributed by atoms with Crippen molar-refractivity contribution in [3.8, 4) is 11.8 Å². The molecule has 1 amide bonds. The Morgan fingerprint density at radius 3 is 2.09 bits per heavy atom. The van der Waals surface area contributed by atoms with Gasteiger partial charge in [0.25, 0.3) is 0 Å². The minimum absolute atomic E-state index is 0.264. The monoisotopic (exact) mass is 307 g/mol. The lowest BCUT2D eigenvalue weighted by atomic mass is 9.95. The van der Waals surface area contributed by atoms with Crippen LogP contribution < -0.4 is 0 Å². The van der Waals surface area contributed by atoms with Gasteiger partial charge in [-0.05, 0) is 39.4 Å². The predicted molar refractivity (Wildman–Crippen MR) is 92.7 cm³/mol. The van der Waals surface area contributed by atoms with Crippen LogP contribution in [-0.4, -0.2) is 73.0 Å². The van der Waals surface area contributed by atoms with Crippen molar-refractivity contribution >= 4 is 5.91 Å². The molecule has 0 spiro atoms. The number of amides is 1. The summed E-state index contributed by atoms with van der Waals surface area (Å²) in [6.45, 7) is 15.9. The Bertz CT molecular complexity index is 370. The van der Waals surface area contributed by atoms with E-state index in [1.165, 1.54) is 0 Å². The maximum atomic E-state index is 12.5. The van der Waals surface area contributed by atoms with Crippen molar-refractivity contribution in [2.24, 2.45) is 5.92 Å². The van der Waals surface area contributed by atoms with Crippen LogP contribution in [0.5, 0.6) is 0 Å². The average Bonchev–Trinajstić information content (AvgIpc) is 2.61. The lowest BCUT2D eigenvalue weighted by molar-refractivity contribution is -0.138. The molecule has 0 aromatic rings. The summed E-state index contributed by atoms with van der Waals surface area (Å²) in [5.41, 5.74) is 0. The molecule has 0 aliphatic carbocycles. The van der Waals surface area contributed by atoms with Gasteiger partial charge in [-0.3, -0.25) is 9.69 Å². The van der Waals surface area contributed by atoms with Crippen molar-refractivity contribution in [2.75, 3.05) is 52.4 Å². The van der Waals surface area contributed by atoms with Gasteiger partial charge in [-0.1, -0.05) is 26.7 Å². The molecular weight excluding hydrogens is 274 g/mol. The highest BCUT2D eigenvalue weighted by Crippen LogP contribution is 2.20. The van der Waals surface area contributed by atoms with Crippen LogP contribution >= 0.6 is 0 Å². The second kappa shape index (κ2) is 10.6. The number of carbonyl (C=O) groups is 1. The molecule has 126 valence electrons. The molecule has 0 N–H and O–H groups in total. The molecule has 0 radical (unpaired) electrons. The third-order valence-corrected chi connectivity index (χ3v) is 4.55. The van der Waals surface area contributed by atoms with Gasteiger partial charge in [-0.15, -0.1) is 5.92 Å². The Morgan fingerprint density at radius 1 is 1.00 bits per heavy atom. The summed E-state index contributed by atoms with van der Waals surface area (Å²) in [6, 6.07) is 0. The smallest absolute Gasteiger partial charge is 0.225 e. The number of carbonyl (C=O) groups excluding carboxylic acids is 1. The number of nitrogens with zero attached hydrogens (tertiary/aromatic N) is 3. The molecule has 2 aliphatic heterocycles. The molecule has 0 saturated carbocycles. The summed E-state index contributed by atoms with van der Waals surface area (Å²) in [7, 11) is 0. The van der Waals surface area contributed by atoms with Crippen LogP contribution in [0.1, 0.15) is 40.5 Å². The molecule has 0 aromatic carbocycles. The molecule has 0 bridgehead atoms. The normalized spacial score (nSPS) is 20.6. The average molecular weight is 307 g/mol. The first-order valence-corrected chi connectivity index (χ1v) is 8.87. The van der Waals surface area contributed by atoms with Gasteiger partial charge in [0.2, 0.25) is 5.91 Å². The van der Waals surface area contributed by atoms with E-state index in [1.54, 1.807) is 0 Å². The van der Waals surface area contributed by atoms with E-state index in [-0.39, 0.29) is 5.92 Å². The summed E-state index contributed by atoms with van der Waals surface area (Å²) in [5.74, 6) is 6.69. The van der Waals surface area contributed by atoms with Gasteiger partial charge in [-0.25, -0.2) is 0 Å². The van der Waals surface area contributed by atoms with E-state index in [0.717, 1.165) is 65.2 Å². The standard InChI is InChI=1S/C16H27N3O.C2H6/c1-3-5-8-18-11-13-19(14-12-18)16(20)15-6-9-17(4-2)10-7-15;1-2/h15H,4,6-14H2,1-2H3;1-2H3. The predicted octanol–water partition coefficient (Wildman–Crippen LogP) is 1.91. The molecule has 2 heterocycles. The molecule has 0 unspecified atom stereocenters. The maximum Gasteiger partial charge on any atom is 0.225 e. The van der Waals surface area contributed by atoms with Gasteiger partial charge < -0.3 is 9.80 Å². The molecule has 0 atom stereocenters. The fraction of sp³-hybridized carbons (Fsp3) is 0.833. The van der Waals surface area contributed by atoms with Gasteiger partial charge in [0, 0.05) is 32.1 Å². The van der Waals surface area contributed by atoms with E-state index in [1.807, 2.05) is 20.8 Å². The van der Waals surface area contributed by atoms with Crippen molar-refractivity contribution in [1.82, 2.24) is 14.7 Å². The molecule has 2 fully saturated rings. The molecule has 2 saturated heterocycles. The Morgan fingerprint density at radius 2 is 1.59 bits per heavy atom. The number of piperazine rings is 1. The Labute approximate surface area is 136 Å². The van der Waals surface area contributed by atoms with E-state index in [4.69, 9.17) is 0 Å². The second-order valence-electron chi connectivity index (χ2n) is 5.74. The van der Waals surface area contributed by atoms with Gasteiger partial charge >= 0.3 is 0 Å². The lowest BCUT2D eigenvalue weighted by Crippen LogP contribution is -2.51. The van der Waals surface area contributed by atoms with Gasteiger partial charge in [0.05, 0.1) is 6.54 Å². The Kier molecular flexibility index (Phi) is 9.19. The number of piperidine rings is 1. The van der Waals surface area contributed by atoms with Gasteiger partial charge in [0.1, 0.15) is 0 Å². The first-order chi connectivity index (χ1) is 10.7. The van der Waals surface area contributed by atoms with E-state index >= 15 is 0 Å². The number of hydrogen-bond acceptors (Lipinski definition) is 3. The molecule has 0 aromatic heterocycles. The molecule has 2 aliphatic rings. The largest absolute Gasteiger partial charge is 0.340 e. The topological polar surface area (TPSA) is 26.8 Å². The van der Waals surface area contributed by atoms with E-state index in [0.29, 0.717) is 5.91 Å². The van der Waals surface area contributed by atoms with Crippen LogP contribution in [0.15, 0.2) is 0 Å². The van der Waals surface area contributed by atoms with E-state index < -0.39 is 0 Å². The molecule has 4 nitrogen and oxygen atoms in total. The van der Waals surface area contributed by atoms with Crippen LogP contribution in [-0.2, 0) is 4.79 Å². The quantitative estimate of drug-likeness (QED) is 0.745. The first-order valence-electron chi connectivity index (χ1n) is 8.87. The fourth-order valence-corrected chi connectivity index (χ4v) is 3.07. The van der Waals surface area contributed by atoms with Crippen molar-refractivity contribution in [3.05, 3.63) is 0 Å². The fourth-order valence-electron chi connectivity index (χ4n) is 3.07. The summed E-state index contributed by atoms with van der Waals surface area (Å²) >= 11 is 0. The molecule has 22 heavy (non-hydrogen) atoms. The number of hydrogen-bond donors (Lipinski definition) is 0. The number of rotatable bonds is 3. The summed E-state index contributed by atoms with van der Waals surface area (Å²) in [6.07, 6.45) is 2.07. The first kappa shape index (κ1) is 19.0. The Hall–Kier alpha value is -1.05. The van der Waals surface area contributed by atoms with Gasteiger partial charge in [-0.2, -0.15) is 0 Å². The zero-order valence-corrected chi connectivity index (χ0v) is 14.9. The maximum absolute atomic E-state index is 12.5. The molecular formula is C18H33N3O. The summed E-state index contributed by atoms with van der Waals surface area (Å²) in [4.78, 5) is 19.4. The van der Waals surface area contributed by atoms with E-state index in [2.05, 4.69) is 33.5 Å². The van der Waals surface area contributed by atoms with Crippen LogP contribution in [0.25, 0.3) is 0 Å². The summed E-state index contributed by atoms with van der Waals surface area (Å²) in [5, 5.41) is 0. The third-order valence-electron chi connectivity index (χ3n) is 4.55. The Balaban J connectivity index is 0.00000116. The van der Waals surface area contributed by atoms with Crippen molar-refractivity contribution in [1.29, 1.82) is 0 Å². The molecule has 2 rings (SSSR count). The van der Waals surface area contributed by atoms with Gasteiger partial charge in [0.15, 0.2) is 0 Å². The third kappa shape index (κ3) is 5.62. The van der Waals surface area contributed by atoms with Crippen molar-refractivity contribution in [2.45, 2.75) is 40.5 Å². The molecule has 4 heteroatoms. The second-order valence-corrected chi connectivity index (χ2v) is 5.74. The van der Waals surface area contributed by atoms with Crippen LogP contribution in [0, 0.1) is 17.8 Å². The highest BCUT2D eigenvalue weighted by molar-refractivity contribution is 5.79. The van der Waals surface area contributed by atoms with Crippen molar-refractivity contribution in [3.63, 3.8) is 0 Å². The highest BCUT2D eigenvalue weighted by Gasteiger charge is 2.29. The SMILES string of the molecule is CC.CC#CCN1CCN(C(=O)C2CCN(CC)CC2)CC1. The van der Waals surface area contributed by atoms with E-state index in [9.17, 15) is 4.79 Å². The highest BCUT2D eigenvalue weighted by atomic mass is 16.2. The minimum Gasteiger partial charge on any atom is -0.340 e. The van der Waals surface area contributed by atoms with Crippen LogP contribution in [0.4, 0.5) is 0 Å². The minimum atomic E-state index is 0.264. The summed E-state index contributed by atoms with van der Waals surface area (Å²) < 4.78 is 0. The van der Waals surface area contributed by atoms with Crippen molar-refractivity contribution < 1.29 is 4.79 Å². The number of likely N-dealkylation sites (tertiary alicyclic amines) is 1. The zero-order valence-electron chi connectivity index (χ0n) is 14.9. The van der Waals surface area contributed by atoms with Crippen LogP contribution in [0.2, 0.25) is 0 Å².